The molecule has 0 amide bonds. The number of rotatable bonds is 7. The molecular weight excluding hydrogens is 433 g/mol. The van der Waals surface area contributed by atoms with E-state index in [9.17, 15) is 17.6 Å². The van der Waals surface area contributed by atoms with Crippen molar-refractivity contribution in [1.29, 1.82) is 0 Å². The molecule has 1 atom stereocenters. The molecule has 7 nitrogen and oxygen atoms in total. The molecule has 1 fully saturated rings. The van der Waals surface area contributed by atoms with Crippen LogP contribution in [0.3, 0.4) is 0 Å². The lowest BCUT2D eigenvalue weighted by Crippen LogP contribution is -2.46. The smallest absolute Gasteiger partial charge is 0.337 e. The van der Waals surface area contributed by atoms with Crippen LogP contribution in [-0.4, -0.2) is 59.1 Å². The highest BCUT2D eigenvalue weighted by molar-refractivity contribution is 7.89. The van der Waals surface area contributed by atoms with Crippen LogP contribution in [0.4, 0.5) is 10.1 Å². The van der Waals surface area contributed by atoms with Crippen molar-refractivity contribution in [1.82, 2.24) is 9.62 Å². The second kappa shape index (κ2) is 9.97. The third-order valence-corrected chi connectivity index (χ3v) is 7.53. The second-order valence-corrected chi connectivity index (χ2v) is 9.62. The predicted molar refractivity (Wildman–Crippen MR) is 122 cm³/mol. The van der Waals surface area contributed by atoms with Gasteiger partial charge >= 0.3 is 5.97 Å². The number of aryl methyl sites for hydroxylation is 1. The van der Waals surface area contributed by atoms with E-state index in [0.717, 1.165) is 38.4 Å². The van der Waals surface area contributed by atoms with E-state index >= 15 is 0 Å². The van der Waals surface area contributed by atoms with Gasteiger partial charge in [-0.15, -0.1) is 0 Å². The highest BCUT2D eigenvalue weighted by Gasteiger charge is 2.26. The number of piperazine rings is 1. The summed E-state index contributed by atoms with van der Waals surface area (Å²) < 4.78 is 47.8. The Hall–Kier alpha value is -2.49. The van der Waals surface area contributed by atoms with Crippen LogP contribution in [0, 0.1) is 12.7 Å². The van der Waals surface area contributed by atoms with Crippen LogP contribution in [0.1, 0.15) is 41.4 Å². The van der Waals surface area contributed by atoms with Crippen molar-refractivity contribution in [2.24, 2.45) is 0 Å². The lowest BCUT2D eigenvalue weighted by atomic mass is 10.0. The van der Waals surface area contributed by atoms with Crippen LogP contribution in [0.15, 0.2) is 41.3 Å². The zero-order valence-corrected chi connectivity index (χ0v) is 19.7. The monoisotopic (exact) mass is 463 g/mol. The Morgan fingerprint density at radius 2 is 1.84 bits per heavy atom. The topological polar surface area (TPSA) is 79.0 Å². The highest BCUT2D eigenvalue weighted by atomic mass is 32.2. The maximum absolute atomic E-state index is 14.1. The fourth-order valence-corrected chi connectivity index (χ4v) is 5.45. The van der Waals surface area contributed by atoms with E-state index in [0.29, 0.717) is 11.1 Å². The van der Waals surface area contributed by atoms with Crippen molar-refractivity contribution in [2.75, 3.05) is 44.7 Å². The van der Waals surface area contributed by atoms with Gasteiger partial charge in [-0.25, -0.2) is 22.3 Å². The molecule has 0 bridgehead atoms. The first kappa shape index (κ1) is 24.2. The molecule has 1 aliphatic rings. The third-order valence-electron chi connectivity index (χ3n) is 5.85. The van der Waals surface area contributed by atoms with Crippen LogP contribution in [-0.2, 0) is 14.8 Å². The minimum atomic E-state index is -3.98. The standard InChI is InChI=1S/C23H30FN3O4S/c1-5-26-10-12-27(13-11-26)21-9-8-19(24)15-20(21)17(3)25-32(29,30)22-14-18(23(28)31-4)7-6-16(22)2/h6-9,14-15,17,25H,5,10-13H2,1-4H3/t17-/m1/s1. The van der Waals surface area contributed by atoms with Gasteiger partial charge in [0, 0.05) is 37.9 Å². The molecule has 0 unspecified atom stereocenters. The number of ether oxygens (including phenoxy) is 1. The highest BCUT2D eigenvalue weighted by Crippen LogP contribution is 2.30. The van der Waals surface area contributed by atoms with Gasteiger partial charge in [0.25, 0.3) is 0 Å². The molecule has 0 saturated carbocycles. The molecule has 2 aromatic carbocycles. The number of carbonyl (C=O) groups excluding carboxylic acids is 1. The first-order chi connectivity index (χ1) is 15.2. The van der Waals surface area contributed by atoms with Crippen molar-refractivity contribution < 1.29 is 22.3 Å². The molecule has 0 spiro atoms. The normalized spacial score (nSPS) is 16.1. The van der Waals surface area contributed by atoms with E-state index in [2.05, 4.69) is 21.4 Å². The minimum Gasteiger partial charge on any atom is -0.465 e. The summed E-state index contributed by atoms with van der Waals surface area (Å²) in [5, 5.41) is 0. The van der Waals surface area contributed by atoms with Gasteiger partial charge in [-0.05, 0) is 61.9 Å². The zero-order chi connectivity index (χ0) is 23.5. The van der Waals surface area contributed by atoms with Gasteiger partial charge in [0.05, 0.1) is 17.6 Å². The second-order valence-electron chi connectivity index (χ2n) is 7.94. The Bertz CT molecular complexity index is 1080. The van der Waals surface area contributed by atoms with E-state index in [-0.39, 0.29) is 10.5 Å². The summed E-state index contributed by atoms with van der Waals surface area (Å²) in [6, 6.07) is 8.18. The number of hydrogen-bond acceptors (Lipinski definition) is 6. The number of carbonyl (C=O) groups is 1. The van der Waals surface area contributed by atoms with E-state index in [4.69, 9.17) is 4.74 Å². The quantitative estimate of drug-likeness (QED) is 0.636. The average molecular weight is 464 g/mol. The van der Waals surface area contributed by atoms with Gasteiger partial charge in [-0.2, -0.15) is 0 Å². The van der Waals surface area contributed by atoms with Gasteiger partial charge in [-0.1, -0.05) is 13.0 Å². The van der Waals surface area contributed by atoms with Gasteiger partial charge in [0.2, 0.25) is 10.0 Å². The average Bonchev–Trinajstić information content (AvgIpc) is 2.78. The fraction of sp³-hybridized carbons (Fsp3) is 0.435. The van der Waals surface area contributed by atoms with Crippen LogP contribution >= 0.6 is 0 Å². The van der Waals surface area contributed by atoms with Crippen LogP contribution < -0.4 is 9.62 Å². The SMILES string of the molecule is CCN1CCN(c2ccc(F)cc2[C@@H](C)NS(=O)(=O)c2cc(C(=O)OC)ccc2C)CC1. The van der Waals surface area contributed by atoms with Gasteiger partial charge in [-0.3, -0.25) is 0 Å². The molecule has 1 saturated heterocycles. The lowest BCUT2D eigenvalue weighted by molar-refractivity contribution is 0.0600. The minimum absolute atomic E-state index is 0.0123. The van der Waals surface area contributed by atoms with Gasteiger partial charge < -0.3 is 14.5 Å². The van der Waals surface area contributed by atoms with Crippen LogP contribution in [0.2, 0.25) is 0 Å². The molecule has 0 aliphatic carbocycles. The van der Waals surface area contributed by atoms with Crippen LogP contribution in [0.25, 0.3) is 0 Å². The van der Waals surface area contributed by atoms with Crippen molar-refractivity contribution in [2.45, 2.75) is 31.7 Å². The molecule has 32 heavy (non-hydrogen) atoms. The number of anilines is 1. The van der Waals surface area contributed by atoms with E-state index < -0.39 is 27.9 Å². The zero-order valence-electron chi connectivity index (χ0n) is 18.9. The van der Waals surface area contributed by atoms with E-state index in [1.54, 1.807) is 26.0 Å². The van der Waals surface area contributed by atoms with Gasteiger partial charge in [0.15, 0.2) is 0 Å². The number of halogens is 1. The molecule has 2 aromatic rings. The van der Waals surface area contributed by atoms with Crippen molar-refractivity contribution in [3.8, 4) is 0 Å². The maximum Gasteiger partial charge on any atom is 0.337 e. The van der Waals surface area contributed by atoms with Crippen molar-refractivity contribution in [3.05, 3.63) is 58.9 Å². The molecule has 9 heteroatoms. The van der Waals surface area contributed by atoms with E-state index in [1.165, 1.54) is 31.4 Å². The number of sulfonamides is 1. The predicted octanol–water partition coefficient (Wildman–Crippen LogP) is 3.10. The maximum atomic E-state index is 14.1. The van der Waals surface area contributed by atoms with E-state index in [1.807, 2.05) is 0 Å². The Kier molecular flexibility index (Phi) is 7.53. The number of nitrogens with zero attached hydrogens (tertiary/aromatic N) is 2. The summed E-state index contributed by atoms with van der Waals surface area (Å²) in [4.78, 5) is 16.3. The van der Waals surface area contributed by atoms with Crippen molar-refractivity contribution in [3.63, 3.8) is 0 Å². The fourth-order valence-electron chi connectivity index (χ4n) is 3.96. The molecule has 1 aliphatic heterocycles. The molecule has 3 rings (SSSR count). The number of methoxy groups -OCH3 is 1. The molecule has 174 valence electrons. The lowest BCUT2D eigenvalue weighted by Gasteiger charge is -2.37. The first-order valence-corrected chi connectivity index (χ1v) is 12.1. The van der Waals surface area contributed by atoms with Crippen molar-refractivity contribution >= 4 is 21.7 Å². The largest absolute Gasteiger partial charge is 0.465 e. The molecule has 0 aromatic heterocycles. The summed E-state index contributed by atoms with van der Waals surface area (Å²) in [7, 11) is -2.74. The summed E-state index contributed by atoms with van der Waals surface area (Å²) in [6.45, 7) is 9.80. The van der Waals surface area contributed by atoms with Crippen LogP contribution in [0.5, 0.6) is 0 Å². The number of nitrogens with one attached hydrogen (secondary N) is 1. The third kappa shape index (κ3) is 5.28. The first-order valence-electron chi connectivity index (χ1n) is 10.6. The molecule has 1 heterocycles. The number of likely N-dealkylation sites (N-methyl/N-ethyl adjacent to an activating group) is 1. The Morgan fingerprint density at radius 1 is 1.16 bits per heavy atom. The summed E-state index contributed by atoms with van der Waals surface area (Å²) >= 11 is 0. The number of benzene rings is 2. The summed E-state index contributed by atoms with van der Waals surface area (Å²) in [5.41, 5.74) is 2.02. The van der Waals surface area contributed by atoms with Gasteiger partial charge in [0.1, 0.15) is 5.82 Å². The molecular formula is C23H30FN3O4S. The summed E-state index contributed by atoms with van der Waals surface area (Å²) in [6.07, 6.45) is 0. The number of hydrogen-bond donors (Lipinski definition) is 1. The number of esters is 1. The molecule has 0 radical (unpaired) electrons. The Morgan fingerprint density at radius 3 is 2.47 bits per heavy atom. The molecule has 1 N–H and O–H groups in total. The summed E-state index contributed by atoms with van der Waals surface area (Å²) in [5.74, 6) is -1.04. The Balaban J connectivity index is 1.89. The Labute approximate surface area is 189 Å².